The maximum atomic E-state index is 13.3. The van der Waals surface area contributed by atoms with Gasteiger partial charge < -0.3 is 10.6 Å². The summed E-state index contributed by atoms with van der Waals surface area (Å²) in [6, 6.07) is 12.6. The van der Waals surface area contributed by atoms with Gasteiger partial charge in [-0.1, -0.05) is 57.2 Å². The van der Waals surface area contributed by atoms with Crippen molar-refractivity contribution < 1.29 is 18.8 Å². The number of halogens is 1. The van der Waals surface area contributed by atoms with Crippen LogP contribution in [0.5, 0.6) is 0 Å². The van der Waals surface area contributed by atoms with Gasteiger partial charge in [-0.25, -0.2) is 9.18 Å². The van der Waals surface area contributed by atoms with Gasteiger partial charge in [-0.15, -0.1) is 0 Å². The smallest absolute Gasteiger partial charge is 0.325 e. The van der Waals surface area contributed by atoms with Crippen molar-refractivity contribution in [1.29, 1.82) is 0 Å². The molecule has 2 atom stereocenters. The summed E-state index contributed by atoms with van der Waals surface area (Å²) in [5.41, 5.74) is 1.36. The van der Waals surface area contributed by atoms with E-state index in [2.05, 4.69) is 24.5 Å². The molecule has 1 fully saturated rings. The number of nitrogens with zero attached hydrogens (tertiary/aromatic N) is 1. The number of urea groups is 1. The minimum absolute atomic E-state index is 0.274. The van der Waals surface area contributed by atoms with Crippen LogP contribution < -0.4 is 10.6 Å². The highest BCUT2D eigenvalue weighted by Crippen LogP contribution is 2.32. The molecule has 1 aliphatic heterocycles. The zero-order valence-corrected chi connectivity index (χ0v) is 18.9. The van der Waals surface area contributed by atoms with E-state index < -0.39 is 29.2 Å². The number of carbonyl (C=O) groups excluding carboxylic acids is 3. The van der Waals surface area contributed by atoms with Gasteiger partial charge in [-0.3, -0.25) is 14.5 Å². The molecule has 0 aliphatic carbocycles. The number of hydrogen-bond acceptors (Lipinski definition) is 3. The van der Waals surface area contributed by atoms with Crippen LogP contribution in [0.25, 0.3) is 0 Å². The van der Waals surface area contributed by atoms with Crippen molar-refractivity contribution in [3.63, 3.8) is 0 Å². The Hall–Kier alpha value is -3.22. The number of rotatable bonds is 8. The van der Waals surface area contributed by atoms with Crippen molar-refractivity contribution in [3.05, 3.63) is 71.0 Å². The maximum absolute atomic E-state index is 13.3. The van der Waals surface area contributed by atoms with Crippen LogP contribution in [0.2, 0.25) is 0 Å². The highest BCUT2D eigenvalue weighted by atomic mass is 19.1. The van der Waals surface area contributed by atoms with Crippen molar-refractivity contribution in [1.82, 2.24) is 15.5 Å². The molecule has 2 N–H and O–H groups in total. The Morgan fingerprint density at radius 1 is 1.06 bits per heavy atom. The minimum atomic E-state index is -1.30. The lowest BCUT2D eigenvalue weighted by Gasteiger charge is -2.25. The predicted molar refractivity (Wildman–Crippen MR) is 120 cm³/mol. The van der Waals surface area contributed by atoms with Crippen molar-refractivity contribution in [2.24, 2.45) is 5.92 Å². The summed E-state index contributed by atoms with van der Waals surface area (Å²) in [7, 11) is 0. The molecule has 0 radical (unpaired) electrons. The molecular formula is C25H30FN3O3. The Morgan fingerprint density at radius 2 is 1.69 bits per heavy atom. The van der Waals surface area contributed by atoms with Crippen LogP contribution in [0.4, 0.5) is 9.18 Å². The standard InChI is InChI=1S/C25H30FN3O3/c1-5-25(20-10-12-21(26)13-11-20)23(31)29(24(32)28-25)15-22(30)27-17(4)19-8-6-18(7-9-19)14-16(2)3/h6-13,16-17H,5,14-15H2,1-4H3,(H,27,30)(H,28,32). The summed E-state index contributed by atoms with van der Waals surface area (Å²) < 4.78 is 13.3. The predicted octanol–water partition coefficient (Wildman–Crippen LogP) is 4.06. The highest BCUT2D eigenvalue weighted by molar-refractivity contribution is 6.09. The van der Waals surface area contributed by atoms with Crippen molar-refractivity contribution in [2.75, 3.05) is 6.54 Å². The van der Waals surface area contributed by atoms with E-state index in [9.17, 15) is 18.8 Å². The normalized spacial score (nSPS) is 19.2. The van der Waals surface area contributed by atoms with Gasteiger partial charge in [-0.2, -0.15) is 0 Å². The summed E-state index contributed by atoms with van der Waals surface area (Å²) in [4.78, 5) is 39.2. The molecule has 0 aromatic heterocycles. The van der Waals surface area contributed by atoms with Gasteiger partial charge in [0.05, 0.1) is 6.04 Å². The first-order chi connectivity index (χ1) is 15.2. The topological polar surface area (TPSA) is 78.5 Å². The minimum Gasteiger partial charge on any atom is -0.348 e. The van der Waals surface area contributed by atoms with Gasteiger partial charge in [0, 0.05) is 0 Å². The van der Waals surface area contributed by atoms with Crippen molar-refractivity contribution >= 4 is 17.8 Å². The molecule has 6 nitrogen and oxygen atoms in total. The number of benzene rings is 2. The molecule has 1 heterocycles. The van der Waals surface area contributed by atoms with Gasteiger partial charge >= 0.3 is 6.03 Å². The van der Waals surface area contributed by atoms with Crippen LogP contribution in [-0.2, 0) is 21.5 Å². The lowest BCUT2D eigenvalue weighted by molar-refractivity contribution is -0.135. The number of hydrogen-bond donors (Lipinski definition) is 2. The van der Waals surface area contributed by atoms with E-state index in [-0.39, 0.29) is 19.0 Å². The Kier molecular flexibility index (Phi) is 6.96. The van der Waals surface area contributed by atoms with Crippen LogP contribution in [-0.4, -0.2) is 29.3 Å². The van der Waals surface area contributed by atoms with E-state index in [4.69, 9.17) is 0 Å². The summed E-state index contributed by atoms with van der Waals surface area (Å²) in [5, 5.41) is 5.55. The maximum Gasteiger partial charge on any atom is 0.325 e. The molecule has 170 valence electrons. The van der Waals surface area contributed by atoms with Gasteiger partial charge in [-0.05, 0) is 54.5 Å². The molecule has 7 heteroatoms. The molecule has 0 spiro atoms. The zero-order chi connectivity index (χ0) is 23.5. The van der Waals surface area contributed by atoms with Crippen molar-refractivity contribution in [3.8, 4) is 0 Å². The number of nitrogens with one attached hydrogen (secondary N) is 2. The fourth-order valence-corrected chi connectivity index (χ4v) is 4.07. The summed E-state index contributed by atoms with van der Waals surface area (Å²) in [6.07, 6.45) is 1.26. The molecular weight excluding hydrogens is 409 g/mol. The molecule has 2 aromatic rings. The largest absolute Gasteiger partial charge is 0.348 e. The van der Waals surface area contributed by atoms with E-state index in [0.717, 1.165) is 16.9 Å². The van der Waals surface area contributed by atoms with Gasteiger partial charge in [0.25, 0.3) is 5.91 Å². The first-order valence-electron chi connectivity index (χ1n) is 10.9. The lowest BCUT2D eigenvalue weighted by atomic mass is 9.87. The van der Waals surface area contributed by atoms with Gasteiger partial charge in [0.15, 0.2) is 0 Å². The third-order valence-corrected chi connectivity index (χ3v) is 5.85. The summed E-state index contributed by atoms with van der Waals surface area (Å²) >= 11 is 0. The second-order valence-corrected chi connectivity index (χ2v) is 8.72. The van der Waals surface area contributed by atoms with Gasteiger partial charge in [0.1, 0.15) is 17.9 Å². The van der Waals surface area contributed by atoms with E-state index in [1.807, 2.05) is 31.2 Å². The van der Waals surface area contributed by atoms with Crippen LogP contribution in [0, 0.1) is 11.7 Å². The third-order valence-electron chi connectivity index (χ3n) is 5.85. The van der Waals surface area contributed by atoms with Crippen molar-refractivity contribution in [2.45, 2.75) is 52.1 Å². The number of imide groups is 1. The Balaban J connectivity index is 1.67. The second-order valence-electron chi connectivity index (χ2n) is 8.72. The van der Waals surface area contributed by atoms with Crippen LogP contribution in [0.15, 0.2) is 48.5 Å². The molecule has 1 aliphatic rings. The van der Waals surface area contributed by atoms with Crippen LogP contribution >= 0.6 is 0 Å². The molecule has 0 saturated carbocycles. The monoisotopic (exact) mass is 439 g/mol. The fourth-order valence-electron chi connectivity index (χ4n) is 4.07. The Bertz CT molecular complexity index is 988. The summed E-state index contributed by atoms with van der Waals surface area (Å²) in [5.74, 6) is -0.817. The van der Waals surface area contributed by atoms with Gasteiger partial charge in [0.2, 0.25) is 5.91 Å². The SMILES string of the molecule is CCC1(c2ccc(F)cc2)NC(=O)N(CC(=O)NC(C)c2ccc(CC(C)C)cc2)C1=O. The van der Waals surface area contributed by atoms with Crippen LogP contribution in [0.3, 0.4) is 0 Å². The molecule has 32 heavy (non-hydrogen) atoms. The average Bonchev–Trinajstić information content (AvgIpc) is 2.99. The number of amides is 4. The second kappa shape index (κ2) is 9.51. The van der Waals surface area contributed by atoms with E-state index >= 15 is 0 Å². The molecule has 2 unspecified atom stereocenters. The molecule has 1 saturated heterocycles. The average molecular weight is 440 g/mol. The van der Waals surface area contributed by atoms with Crippen LogP contribution in [0.1, 0.15) is 56.8 Å². The first-order valence-corrected chi connectivity index (χ1v) is 10.9. The molecule has 4 amide bonds. The molecule has 0 bridgehead atoms. The van der Waals surface area contributed by atoms with E-state index in [0.29, 0.717) is 11.5 Å². The highest BCUT2D eigenvalue weighted by Gasteiger charge is 2.51. The number of carbonyl (C=O) groups is 3. The lowest BCUT2D eigenvalue weighted by Crippen LogP contribution is -2.45. The fraction of sp³-hybridized carbons (Fsp3) is 0.400. The zero-order valence-electron chi connectivity index (χ0n) is 18.9. The summed E-state index contributed by atoms with van der Waals surface area (Å²) in [6.45, 7) is 7.56. The van der Waals surface area contributed by atoms with E-state index in [1.54, 1.807) is 6.92 Å². The quantitative estimate of drug-likeness (QED) is 0.609. The molecule has 3 rings (SSSR count). The Labute approximate surface area is 188 Å². The first kappa shape index (κ1) is 23.4. The third kappa shape index (κ3) is 4.82. The Morgan fingerprint density at radius 3 is 2.25 bits per heavy atom. The van der Waals surface area contributed by atoms with E-state index in [1.165, 1.54) is 29.8 Å². The molecule has 2 aromatic carbocycles.